The van der Waals surface area contributed by atoms with Gasteiger partial charge >= 0.3 is 0 Å². The molecule has 1 aliphatic rings. The predicted octanol–water partition coefficient (Wildman–Crippen LogP) is 2.03. The average Bonchev–Trinajstić information content (AvgIpc) is 2.27. The molecule has 1 N–H and O–H groups in total. The average molecular weight is 285 g/mol. The summed E-state index contributed by atoms with van der Waals surface area (Å²) in [5.41, 5.74) is -2.42. The Balaban J connectivity index is 3.02. The van der Waals surface area contributed by atoms with Crippen LogP contribution in [0.15, 0.2) is 0 Å². The Morgan fingerprint density at radius 3 is 2.15 bits per heavy atom. The van der Waals surface area contributed by atoms with Gasteiger partial charge in [-0.3, -0.25) is 0 Å². The van der Waals surface area contributed by atoms with Gasteiger partial charge in [0.15, 0.2) is 0 Å². The molecule has 0 radical (unpaired) electrons. The first-order chi connectivity index (χ1) is 9.12. The van der Waals surface area contributed by atoms with Gasteiger partial charge in [-0.1, -0.05) is 26.7 Å². The van der Waals surface area contributed by atoms with Gasteiger partial charge in [0.1, 0.15) is 0 Å². The van der Waals surface area contributed by atoms with E-state index in [1.165, 1.54) is 0 Å². The Morgan fingerprint density at radius 2 is 1.80 bits per heavy atom. The summed E-state index contributed by atoms with van der Waals surface area (Å²) in [6.07, 6.45) is 4.12. The van der Waals surface area contributed by atoms with Gasteiger partial charge in [-0.15, -0.1) is 0 Å². The molecule has 0 aromatic rings. The number of hydrogen-bond donors (Lipinski definition) is 1. The first-order valence-electron chi connectivity index (χ1n) is 7.75. The standard InChI is InChI=1S/C16H30O4/c1-6-9-16(19,10-7-2)15(5)11-8-12(13(17)18)14(3,4)20-15/h12,19H,6-11H2,1-5H3,(H,17,18)/p-1/t12-,15-/m0/s1. The van der Waals surface area contributed by atoms with E-state index in [0.717, 1.165) is 12.8 Å². The number of carboxylic acids is 1. The van der Waals surface area contributed by atoms with Gasteiger partial charge < -0.3 is 19.7 Å². The Bertz CT molecular complexity index is 344. The fourth-order valence-corrected chi connectivity index (χ4v) is 3.68. The molecule has 0 saturated carbocycles. The van der Waals surface area contributed by atoms with E-state index in [1.54, 1.807) is 13.8 Å². The van der Waals surface area contributed by atoms with Crippen LogP contribution in [0.2, 0.25) is 0 Å². The molecule has 1 rings (SSSR count). The van der Waals surface area contributed by atoms with Crippen LogP contribution in [-0.2, 0) is 9.53 Å². The van der Waals surface area contributed by atoms with Crippen molar-refractivity contribution in [2.75, 3.05) is 0 Å². The van der Waals surface area contributed by atoms with Crippen molar-refractivity contribution in [2.45, 2.75) is 89.9 Å². The Hall–Kier alpha value is -0.610. The lowest BCUT2D eigenvalue weighted by molar-refractivity contribution is -0.331. The second-order valence-electron chi connectivity index (χ2n) is 6.88. The molecule has 0 aromatic carbocycles. The maximum atomic E-state index is 11.2. The lowest BCUT2D eigenvalue weighted by atomic mass is 9.69. The molecule has 20 heavy (non-hydrogen) atoms. The number of carbonyl (C=O) groups excluding carboxylic acids is 1. The smallest absolute Gasteiger partial charge is 0.0947 e. The van der Waals surface area contributed by atoms with E-state index < -0.39 is 28.7 Å². The van der Waals surface area contributed by atoms with Gasteiger partial charge in [-0.2, -0.15) is 0 Å². The zero-order valence-corrected chi connectivity index (χ0v) is 13.5. The number of carbonyl (C=O) groups is 1. The molecule has 2 atom stereocenters. The molecular formula is C16H29O4-. The lowest BCUT2D eigenvalue weighted by Crippen LogP contribution is -2.63. The largest absolute Gasteiger partial charge is 0.550 e. The molecule has 0 unspecified atom stereocenters. The highest BCUT2D eigenvalue weighted by atomic mass is 16.5. The third-order valence-corrected chi connectivity index (χ3v) is 4.83. The highest BCUT2D eigenvalue weighted by Crippen LogP contribution is 2.47. The van der Waals surface area contributed by atoms with E-state index in [9.17, 15) is 15.0 Å². The van der Waals surface area contributed by atoms with Crippen LogP contribution in [-0.4, -0.2) is 27.9 Å². The van der Waals surface area contributed by atoms with Crippen molar-refractivity contribution in [1.82, 2.24) is 0 Å². The summed E-state index contributed by atoms with van der Waals surface area (Å²) < 4.78 is 6.13. The van der Waals surface area contributed by atoms with E-state index in [4.69, 9.17) is 4.74 Å². The SMILES string of the molecule is CCCC(O)(CCC)[C@]1(C)CC[C@@H](C(=O)[O-])C(C)(C)O1. The third-order valence-electron chi connectivity index (χ3n) is 4.83. The van der Waals surface area contributed by atoms with Crippen LogP contribution in [0.1, 0.15) is 73.1 Å². The van der Waals surface area contributed by atoms with E-state index in [2.05, 4.69) is 0 Å². The summed E-state index contributed by atoms with van der Waals surface area (Å²) in [5.74, 6) is -1.69. The molecule has 0 aliphatic carbocycles. The summed E-state index contributed by atoms with van der Waals surface area (Å²) in [6.45, 7) is 9.57. The lowest BCUT2D eigenvalue weighted by Gasteiger charge is -2.55. The number of rotatable bonds is 6. The molecule has 1 saturated heterocycles. The Labute approximate surface area is 122 Å². The molecule has 118 valence electrons. The van der Waals surface area contributed by atoms with Gasteiger partial charge in [0.25, 0.3) is 0 Å². The molecule has 0 bridgehead atoms. The first-order valence-corrected chi connectivity index (χ1v) is 7.75. The van der Waals surface area contributed by atoms with E-state index in [1.807, 2.05) is 20.8 Å². The van der Waals surface area contributed by atoms with E-state index >= 15 is 0 Å². The second-order valence-corrected chi connectivity index (χ2v) is 6.88. The van der Waals surface area contributed by atoms with E-state index in [0.29, 0.717) is 25.7 Å². The zero-order chi connectivity index (χ0) is 15.6. The fourth-order valence-electron chi connectivity index (χ4n) is 3.68. The van der Waals surface area contributed by atoms with Crippen LogP contribution >= 0.6 is 0 Å². The molecule has 1 aliphatic heterocycles. The van der Waals surface area contributed by atoms with Crippen LogP contribution in [0.4, 0.5) is 0 Å². The Morgan fingerprint density at radius 1 is 1.30 bits per heavy atom. The molecule has 1 fully saturated rings. The highest BCUT2D eigenvalue weighted by Gasteiger charge is 2.53. The summed E-state index contributed by atoms with van der Waals surface area (Å²) in [5, 5.41) is 22.3. The van der Waals surface area contributed by atoms with Crippen molar-refractivity contribution in [2.24, 2.45) is 5.92 Å². The first kappa shape index (κ1) is 17.4. The molecule has 0 amide bonds. The monoisotopic (exact) mass is 285 g/mol. The number of ether oxygens (including phenoxy) is 1. The predicted molar refractivity (Wildman–Crippen MR) is 76.1 cm³/mol. The zero-order valence-electron chi connectivity index (χ0n) is 13.5. The van der Waals surface area contributed by atoms with Crippen molar-refractivity contribution in [3.8, 4) is 0 Å². The summed E-state index contributed by atoms with van der Waals surface area (Å²) in [4.78, 5) is 11.2. The normalized spacial score (nSPS) is 30.2. The number of aliphatic hydroxyl groups is 1. The molecule has 0 aromatic heterocycles. The maximum absolute atomic E-state index is 11.2. The van der Waals surface area contributed by atoms with Crippen LogP contribution in [0.3, 0.4) is 0 Å². The van der Waals surface area contributed by atoms with Crippen molar-refractivity contribution in [3.63, 3.8) is 0 Å². The second kappa shape index (κ2) is 6.02. The Kier molecular flexibility index (Phi) is 5.25. The minimum Gasteiger partial charge on any atom is -0.550 e. The van der Waals surface area contributed by atoms with Crippen molar-refractivity contribution in [1.29, 1.82) is 0 Å². The fraction of sp³-hybridized carbons (Fsp3) is 0.938. The maximum Gasteiger partial charge on any atom is 0.0947 e. The van der Waals surface area contributed by atoms with Crippen molar-refractivity contribution >= 4 is 5.97 Å². The van der Waals surface area contributed by atoms with Gasteiger partial charge in [0.05, 0.1) is 16.8 Å². The number of carboxylic acid groups (broad SMARTS) is 1. The quantitative estimate of drug-likeness (QED) is 0.810. The van der Waals surface area contributed by atoms with Gasteiger partial charge in [0.2, 0.25) is 0 Å². The topological polar surface area (TPSA) is 69.6 Å². The molecule has 1 heterocycles. The highest BCUT2D eigenvalue weighted by molar-refractivity contribution is 5.69. The number of aliphatic carboxylic acids is 1. The van der Waals surface area contributed by atoms with Gasteiger partial charge in [-0.05, 0) is 46.5 Å². The summed E-state index contributed by atoms with van der Waals surface area (Å²) >= 11 is 0. The minimum atomic E-state index is -1.06. The van der Waals surface area contributed by atoms with Crippen LogP contribution < -0.4 is 5.11 Å². The van der Waals surface area contributed by atoms with Crippen molar-refractivity contribution < 1.29 is 19.7 Å². The van der Waals surface area contributed by atoms with Crippen LogP contribution in [0.5, 0.6) is 0 Å². The van der Waals surface area contributed by atoms with Crippen LogP contribution in [0.25, 0.3) is 0 Å². The molecule has 0 spiro atoms. The molecule has 4 nitrogen and oxygen atoms in total. The number of hydrogen-bond acceptors (Lipinski definition) is 4. The summed E-state index contributed by atoms with van der Waals surface area (Å²) in [6, 6.07) is 0. The van der Waals surface area contributed by atoms with Gasteiger partial charge in [0, 0.05) is 11.9 Å². The van der Waals surface area contributed by atoms with Crippen LogP contribution in [0, 0.1) is 5.92 Å². The third kappa shape index (κ3) is 3.17. The molecular weight excluding hydrogens is 256 g/mol. The summed E-state index contributed by atoms with van der Waals surface area (Å²) in [7, 11) is 0. The van der Waals surface area contributed by atoms with Crippen molar-refractivity contribution in [3.05, 3.63) is 0 Å². The minimum absolute atomic E-state index is 0.488. The van der Waals surface area contributed by atoms with Gasteiger partial charge in [-0.25, -0.2) is 0 Å². The van der Waals surface area contributed by atoms with E-state index in [-0.39, 0.29) is 0 Å². The molecule has 4 heteroatoms.